The normalized spacial score (nSPS) is 15.7. The van der Waals surface area contributed by atoms with Gasteiger partial charge in [0, 0.05) is 43.1 Å². The van der Waals surface area contributed by atoms with Crippen LogP contribution in [0.4, 0.5) is 23.1 Å². The van der Waals surface area contributed by atoms with Gasteiger partial charge in [-0.05, 0) is 62.6 Å². The summed E-state index contributed by atoms with van der Waals surface area (Å²) in [7, 11) is 1.83. The van der Waals surface area contributed by atoms with Gasteiger partial charge in [-0.15, -0.1) is 0 Å². The molecule has 34 heavy (non-hydrogen) atoms. The van der Waals surface area contributed by atoms with Gasteiger partial charge >= 0.3 is 0 Å². The Morgan fingerprint density at radius 1 is 1.18 bits per heavy atom. The second kappa shape index (κ2) is 9.68. The number of aryl methyl sites for hydroxylation is 1. The predicted molar refractivity (Wildman–Crippen MR) is 132 cm³/mol. The molecule has 1 aliphatic carbocycles. The number of amides is 2. The van der Waals surface area contributed by atoms with Crippen LogP contribution in [0.3, 0.4) is 0 Å². The van der Waals surface area contributed by atoms with Gasteiger partial charge in [-0.25, -0.2) is 0 Å². The number of likely N-dealkylation sites (N-methyl/N-ethyl adjacent to an activating group) is 1. The van der Waals surface area contributed by atoms with E-state index in [4.69, 9.17) is 4.98 Å². The third-order valence-electron chi connectivity index (χ3n) is 6.40. The van der Waals surface area contributed by atoms with Crippen LogP contribution in [0.5, 0.6) is 0 Å². The molecule has 1 aliphatic heterocycles. The number of nitrogens with zero attached hydrogens (tertiary/aromatic N) is 3. The number of anilines is 4. The largest absolute Gasteiger partial charge is 0.367 e. The van der Waals surface area contributed by atoms with Gasteiger partial charge in [0.05, 0.1) is 5.39 Å². The fourth-order valence-corrected chi connectivity index (χ4v) is 4.32. The number of H-pyrrole nitrogens is 1. The van der Waals surface area contributed by atoms with Crippen LogP contribution in [0.2, 0.25) is 0 Å². The minimum absolute atomic E-state index is 0.0190. The highest BCUT2D eigenvalue weighted by Gasteiger charge is 2.26. The average molecular weight is 463 g/mol. The molecule has 1 aromatic carbocycles. The molecule has 1 fully saturated rings. The number of fused-ring (bicyclic) bond motifs is 2. The maximum Gasteiger partial charge on any atom is 0.240 e. The molecule has 0 bridgehead atoms. The zero-order chi connectivity index (χ0) is 23.5. The number of aromatic nitrogens is 3. The summed E-state index contributed by atoms with van der Waals surface area (Å²) in [5.41, 5.74) is 3.41. The highest BCUT2D eigenvalue weighted by atomic mass is 16.2. The Morgan fingerprint density at radius 3 is 2.85 bits per heavy atom. The van der Waals surface area contributed by atoms with Crippen molar-refractivity contribution in [3.05, 3.63) is 36.0 Å². The number of benzene rings is 1. The van der Waals surface area contributed by atoms with Crippen molar-refractivity contribution >= 4 is 46.0 Å². The van der Waals surface area contributed by atoms with Crippen molar-refractivity contribution in [1.82, 2.24) is 25.6 Å². The fourth-order valence-electron chi connectivity index (χ4n) is 4.32. The smallest absolute Gasteiger partial charge is 0.240 e. The second-order valence-corrected chi connectivity index (χ2v) is 8.81. The van der Waals surface area contributed by atoms with Crippen molar-refractivity contribution in [1.29, 1.82) is 0 Å². The van der Waals surface area contributed by atoms with Crippen molar-refractivity contribution in [2.45, 2.75) is 38.1 Å². The summed E-state index contributed by atoms with van der Waals surface area (Å²) in [5.74, 6) is 1.13. The number of aromatic amines is 1. The minimum Gasteiger partial charge on any atom is -0.367 e. The van der Waals surface area contributed by atoms with E-state index >= 15 is 0 Å². The van der Waals surface area contributed by atoms with E-state index in [2.05, 4.69) is 31.2 Å². The third-order valence-corrected chi connectivity index (χ3v) is 6.40. The molecule has 1 saturated carbocycles. The Morgan fingerprint density at radius 2 is 2.06 bits per heavy atom. The zero-order valence-electron chi connectivity index (χ0n) is 19.3. The Kier molecular flexibility index (Phi) is 6.31. The van der Waals surface area contributed by atoms with Gasteiger partial charge in [-0.1, -0.05) is 0 Å². The number of hydrogen-bond donors (Lipinski definition) is 5. The molecule has 3 aromatic rings. The minimum atomic E-state index is -0.169. The summed E-state index contributed by atoms with van der Waals surface area (Å²) in [6.45, 7) is 1.22. The number of carbonyl (C=O) groups excluding carboxylic acids is 2. The first-order chi connectivity index (χ1) is 16.6. The SMILES string of the molecule is CNCCNC(=O)CN1C(=O)CCc2cc(Nc3nc(NC4CCC4)c4cc[nH]c4n3)ccc21. The molecule has 0 spiro atoms. The Balaban J connectivity index is 1.34. The lowest BCUT2D eigenvalue weighted by molar-refractivity contribution is -0.124. The summed E-state index contributed by atoms with van der Waals surface area (Å²) in [6.07, 6.45) is 6.44. The van der Waals surface area contributed by atoms with E-state index < -0.39 is 0 Å². The van der Waals surface area contributed by atoms with E-state index in [-0.39, 0.29) is 18.4 Å². The average Bonchev–Trinajstić information content (AvgIpc) is 3.27. The molecular weight excluding hydrogens is 432 g/mol. The quantitative estimate of drug-likeness (QED) is 0.309. The van der Waals surface area contributed by atoms with Gasteiger partial charge in [0.2, 0.25) is 17.8 Å². The number of hydrogen-bond acceptors (Lipinski definition) is 7. The topological polar surface area (TPSA) is 127 Å². The molecular formula is C24H30N8O2. The second-order valence-electron chi connectivity index (χ2n) is 8.81. The van der Waals surface area contributed by atoms with E-state index in [0.29, 0.717) is 37.9 Å². The molecule has 2 aromatic heterocycles. The number of carbonyl (C=O) groups is 2. The van der Waals surface area contributed by atoms with E-state index in [0.717, 1.165) is 46.6 Å². The van der Waals surface area contributed by atoms with Gasteiger partial charge in [-0.3, -0.25) is 9.59 Å². The lowest BCUT2D eigenvalue weighted by atomic mass is 9.93. The van der Waals surface area contributed by atoms with Crippen molar-refractivity contribution in [3.63, 3.8) is 0 Å². The predicted octanol–water partition coefficient (Wildman–Crippen LogP) is 2.28. The van der Waals surface area contributed by atoms with Gasteiger partial charge in [0.25, 0.3) is 0 Å². The summed E-state index contributed by atoms with van der Waals surface area (Å²) in [6, 6.07) is 8.23. The Labute approximate surface area is 197 Å². The first kappa shape index (κ1) is 22.1. The van der Waals surface area contributed by atoms with E-state index in [9.17, 15) is 9.59 Å². The highest BCUT2D eigenvalue weighted by Crippen LogP contribution is 2.32. The Hall–Kier alpha value is -3.66. The van der Waals surface area contributed by atoms with Crippen LogP contribution in [0.1, 0.15) is 31.2 Å². The van der Waals surface area contributed by atoms with Crippen LogP contribution in [-0.2, 0) is 16.0 Å². The fraction of sp³-hybridized carbons (Fsp3) is 0.417. The van der Waals surface area contributed by atoms with Crippen LogP contribution in [0, 0.1) is 0 Å². The molecule has 10 nitrogen and oxygen atoms in total. The molecule has 0 atom stereocenters. The summed E-state index contributed by atoms with van der Waals surface area (Å²) < 4.78 is 0. The highest BCUT2D eigenvalue weighted by molar-refractivity contribution is 6.01. The summed E-state index contributed by atoms with van der Waals surface area (Å²) >= 11 is 0. The van der Waals surface area contributed by atoms with E-state index in [1.807, 2.05) is 37.5 Å². The van der Waals surface area contributed by atoms with Crippen molar-refractivity contribution in [2.75, 3.05) is 42.2 Å². The molecule has 2 aliphatic rings. The zero-order valence-corrected chi connectivity index (χ0v) is 19.3. The van der Waals surface area contributed by atoms with Crippen molar-refractivity contribution in [3.8, 4) is 0 Å². The van der Waals surface area contributed by atoms with Gasteiger partial charge in [0.1, 0.15) is 18.0 Å². The molecule has 178 valence electrons. The number of rotatable bonds is 9. The first-order valence-corrected chi connectivity index (χ1v) is 11.8. The first-order valence-electron chi connectivity index (χ1n) is 11.8. The van der Waals surface area contributed by atoms with Crippen LogP contribution in [0.25, 0.3) is 11.0 Å². The Bertz CT molecular complexity index is 1200. The van der Waals surface area contributed by atoms with Crippen LogP contribution >= 0.6 is 0 Å². The van der Waals surface area contributed by atoms with Gasteiger partial charge < -0.3 is 31.2 Å². The van der Waals surface area contributed by atoms with Gasteiger partial charge in [-0.2, -0.15) is 9.97 Å². The number of nitrogens with one attached hydrogen (secondary N) is 5. The van der Waals surface area contributed by atoms with E-state index in [1.54, 1.807) is 4.90 Å². The monoisotopic (exact) mass is 462 g/mol. The van der Waals surface area contributed by atoms with E-state index in [1.165, 1.54) is 6.42 Å². The van der Waals surface area contributed by atoms with Crippen LogP contribution in [-0.4, -0.2) is 59.5 Å². The summed E-state index contributed by atoms with van der Waals surface area (Å²) in [4.78, 5) is 38.9. The molecule has 0 saturated heterocycles. The summed E-state index contributed by atoms with van der Waals surface area (Å²) in [5, 5.41) is 13.6. The lowest BCUT2D eigenvalue weighted by Gasteiger charge is -2.29. The molecule has 5 rings (SSSR count). The molecule has 10 heteroatoms. The molecule has 3 heterocycles. The molecule has 0 unspecified atom stereocenters. The van der Waals surface area contributed by atoms with Gasteiger partial charge in [0.15, 0.2) is 0 Å². The maximum atomic E-state index is 12.5. The molecule has 0 radical (unpaired) electrons. The standard InChI is InChI=1S/C24H30N8O2/c1-25-11-12-26-20(33)14-32-19-7-6-17(13-15(19)5-8-21(32)34)29-24-30-22-18(9-10-27-22)23(31-24)28-16-3-2-4-16/h6-7,9-10,13,16,25H,2-5,8,11-12,14H2,1H3,(H,26,33)(H3,27,28,29,30,31). The molecule has 2 amide bonds. The van der Waals surface area contributed by atoms with Crippen molar-refractivity contribution < 1.29 is 9.59 Å². The third kappa shape index (κ3) is 4.67. The van der Waals surface area contributed by atoms with Crippen LogP contribution in [0.15, 0.2) is 30.5 Å². The maximum absolute atomic E-state index is 12.5. The van der Waals surface area contributed by atoms with Crippen molar-refractivity contribution in [2.24, 2.45) is 0 Å². The lowest BCUT2D eigenvalue weighted by Crippen LogP contribution is -2.44. The van der Waals surface area contributed by atoms with Crippen LogP contribution < -0.4 is 26.2 Å². The molecule has 5 N–H and O–H groups in total.